The Morgan fingerprint density at radius 1 is 1.41 bits per heavy atom. The summed E-state index contributed by atoms with van der Waals surface area (Å²) < 4.78 is 6.57. The number of thiophene rings is 1. The Bertz CT molecular complexity index is 529. The van der Waals surface area contributed by atoms with E-state index in [1.54, 1.807) is 36.3 Å². The zero-order valence-corrected chi connectivity index (χ0v) is 11.0. The second-order valence-electron chi connectivity index (χ2n) is 3.36. The van der Waals surface area contributed by atoms with E-state index in [4.69, 9.17) is 10.00 Å². The van der Waals surface area contributed by atoms with Gasteiger partial charge in [0.05, 0.1) is 23.0 Å². The van der Waals surface area contributed by atoms with Gasteiger partial charge in [-0.2, -0.15) is 5.26 Å². The highest BCUT2D eigenvalue weighted by atomic mass is 32.2. The minimum Gasteiger partial charge on any atom is -0.496 e. The van der Waals surface area contributed by atoms with Gasteiger partial charge in [0.25, 0.3) is 0 Å². The molecular weight excluding hydrogens is 250 g/mol. The lowest BCUT2D eigenvalue weighted by molar-refractivity contribution is 0.411. The predicted molar refractivity (Wildman–Crippen MR) is 71.6 cm³/mol. The number of ether oxygens (including phenoxy) is 1. The van der Waals surface area contributed by atoms with Crippen LogP contribution in [0.1, 0.15) is 11.1 Å². The first kappa shape index (κ1) is 12.0. The molecule has 0 saturated heterocycles. The average Bonchev–Trinajstić information content (AvgIpc) is 2.89. The smallest absolute Gasteiger partial charge is 0.122 e. The van der Waals surface area contributed by atoms with Crippen molar-refractivity contribution in [1.29, 1.82) is 5.26 Å². The van der Waals surface area contributed by atoms with E-state index in [9.17, 15) is 0 Å². The summed E-state index contributed by atoms with van der Waals surface area (Å²) in [5, 5.41) is 10.9. The minimum absolute atomic E-state index is 0.674. The van der Waals surface area contributed by atoms with Crippen molar-refractivity contribution in [3.63, 3.8) is 0 Å². The van der Waals surface area contributed by atoms with E-state index in [0.717, 1.165) is 17.1 Å². The van der Waals surface area contributed by atoms with E-state index in [-0.39, 0.29) is 0 Å². The van der Waals surface area contributed by atoms with Crippen LogP contribution in [0, 0.1) is 11.3 Å². The molecule has 4 heteroatoms. The lowest BCUT2D eigenvalue weighted by Crippen LogP contribution is -1.91. The fourth-order valence-corrected chi connectivity index (χ4v) is 3.22. The van der Waals surface area contributed by atoms with E-state index < -0.39 is 0 Å². The fourth-order valence-electron chi connectivity index (χ4n) is 1.46. The summed E-state index contributed by atoms with van der Waals surface area (Å²) in [4.78, 5) is 0. The van der Waals surface area contributed by atoms with Crippen LogP contribution >= 0.6 is 23.1 Å². The molecule has 0 saturated carbocycles. The van der Waals surface area contributed by atoms with Crippen molar-refractivity contribution in [2.24, 2.45) is 0 Å². The Morgan fingerprint density at radius 2 is 2.29 bits per heavy atom. The molecule has 86 valence electrons. The number of hydrogen-bond acceptors (Lipinski definition) is 4. The highest BCUT2D eigenvalue weighted by molar-refractivity contribution is 8.00. The SMILES string of the molecule is COc1ccc(C#N)cc1CSc1cccs1. The Hall–Kier alpha value is -1.44. The zero-order valence-electron chi connectivity index (χ0n) is 9.34. The lowest BCUT2D eigenvalue weighted by Gasteiger charge is -2.07. The number of nitriles is 1. The molecule has 2 nitrogen and oxygen atoms in total. The highest BCUT2D eigenvalue weighted by Gasteiger charge is 2.05. The van der Waals surface area contributed by atoms with E-state index in [1.165, 1.54) is 4.21 Å². The Labute approximate surface area is 109 Å². The molecule has 1 aromatic carbocycles. The molecule has 0 N–H and O–H groups in total. The number of benzene rings is 1. The molecule has 17 heavy (non-hydrogen) atoms. The van der Waals surface area contributed by atoms with Gasteiger partial charge >= 0.3 is 0 Å². The van der Waals surface area contributed by atoms with Crippen LogP contribution in [0.25, 0.3) is 0 Å². The first-order chi connectivity index (χ1) is 8.33. The summed E-state index contributed by atoms with van der Waals surface area (Å²) in [6.07, 6.45) is 0. The summed E-state index contributed by atoms with van der Waals surface area (Å²) in [5.74, 6) is 1.66. The summed E-state index contributed by atoms with van der Waals surface area (Å²) >= 11 is 3.48. The maximum atomic E-state index is 8.88. The van der Waals surface area contributed by atoms with E-state index >= 15 is 0 Å². The molecule has 0 aliphatic heterocycles. The molecule has 0 spiro atoms. The van der Waals surface area contributed by atoms with E-state index in [2.05, 4.69) is 17.5 Å². The van der Waals surface area contributed by atoms with Gasteiger partial charge in [-0.05, 0) is 29.6 Å². The van der Waals surface area contributed by atoms with E-state index in [0.29, 0.717) is 5.56 Å². The molecule has 2 aromatic rings. The molecule has 2 rings (SSSR count). The van der Waals surface area contributed by atoms with Crippen molar-refractivity contribution in [3.05, 3.63) is 46.8 Å². The highest BCUT2D eigenvalue weighted by Crippen LogP contribution is 2.31. The first-order valence-electron chi connectivity index (χ1n) is 5.07. The Morgan fingerprint density at radius 3 is 2.94 bits per heavy atom. The fraction of sp³-hybridized carbons (Fsp3) is 0.154. The van der Waals surface area contributed by atoms with Crippen LogP contribution in [0.15, 0.2) is 39.9 Å². The summed E-state index contributed by atoms with van der Waals surface area (Å²) in [7, 11) is 1.65. The molecule has 0 atom stereocenters. The molecule has 0 radical (unpaired) electrons. The second-order valence-corrected chi connectivity index (χ2v) is 5.58. The van der Waals surface area contributed by atoms with Gasteiger partial charge in [0.15, 0.2) is 0 Å². The van der Waals surface area contributed by atoms with Crippen LogP contribution in [0.2, 0.25) is 0 Å². The van der Waals surface area contributed by atoms with E-state index in [1.807, 2.05) is 18.2 Å². The third kappa shape index (κ3) is 3.02. The van der Waals surface area contributed by atoms with Crippen molar-refractivity contribution in [1.82, 2.24) is 0 Å². The quantitative estimate of drug-likeness (QED) is 0.782. The molecule has 0 amide bonds. The number of thioether (sulfide) groups is 1. The van der Waals surface area contributed by atoms with Gasteiger partial charge in [-0.1, -0.05) is 6.07 Å². The van der Waals surface area contributed by atoms with Gasteiger partial charge in [-0.25, -0.2) is 0 Å². The van der Waals surface area contributed by atoms with Gasteiger partial charge in [0, 0.05) is 11.3 Å². The largest absolute Gasteiger partial charge is 0.496 e. The van der Waals surface area contributed by atoms with Crippen LogP contribution in [0.3, 0.4) is 0 Å². The van der Waals surface area contributed by atoms with Crippen molar-refractivity contribution < 1.29 is 4.74 Å². The third-order valence-corrected chi connectivity index (χ3v) is 4.45. The monoisotopic (exact) mass is 261 g/mol. The maximum absolute atomic E-state index is 8.88. The van der Waals surface area contributed by atoms with Gasteiger partial charge in [0.2, 0.25) is 0 Å². The number of rotatable bonds is 4. The topological polar surface area (TPSA) is 33.0 Å². The molecule has 0 bridgehead atoms. The molecule has 0 fully saturated rings. The zero-order chi connectivity index (χ0) is 12.1. The average molecular weight is 261 g/mol. The summed E-state index contributed by atoms with van der Waals surface area (Å²) in [6.45, 7) is 0. The standard InChI is InChI=1S/C13H11NOS2/c1-15-12-5-4-10(8-14)7-11(12)9-17-13-3-2-6-16-13/h2-7H,9H2,1H3. The predicted octanol–water partition coefficient (Wildman–Crippen LogP) is 3.92. The third-order valence-electron chi connectivity index (χ3n) is 2.27. The number of nitrogens with zero attached hydrogens (tertiary/aromatic N) is 1. The van der Waals surface area contributed by atoms with Gasteiger partial charge in [-0.3, -0.25) is 0 Å². The lowest BCUT2D eigenvalue weighted by atomic mass is 10.1. The van der Waals surface area contributed by atoms with Gasteiger partial charge in [-0.15, -0.1) is 23.1 Å². The van der Waals surface area contributed by atoms with Crippen LogP contribution in [0.5, 0.6) is 5.75 Å². The maximum Gasteiger partial charge on any atom is 0.122 e. The van der Waals surface area contributed by atoms with Crippen molar-refractivity contribution in [3.8, 4) is 11.8 Å². The van der Waals surface area contributed by atoms with Crippen LogP contribution in [0.4, 0.5) is 0 Å². The molecule has 1 heterocycles. The van der Waals surface area contributed by atoms with Gasteiger partial charge < -0.3 is 4.74 Å². The molecule has 0 aliphatic carbocycles. The molecule has 0 unspecified atom stereocenters. The van der Waals surface area contributed by atoms with Gasteiger partial charge in [0.1, 0.15) is 5.75 Å². The minimum atomic E-state index is 0.674. The molecule has 1 aromatic heterocycles. The number of methoxy groups -OCH3 is 1. The molecule has 0 aliphatic rings. The Balaban J connectivity index is 2.16. The van der Waals surface area contributed by atoms with Crippen LogP contribution < -0.4 is 4.74 Å². The van der Waals surface area contributed by atoms with Crippen molar-refractivity contribution in [2.45, 2.75) is 9.96 Å². The molecular formula is C13H11NOS2. The van der Waals surface area contributed by atoms with Crippen molar-refractivity contribution >= 4 is 23.1 Å². The Kier molecular flexibility index (Phi) is 4.08. The van der Waals surface area contributed by atoms with Crippen molar-refractivity contribution in [2.75, 3.05) is 7.11 Å². The normalized spacial score (nSPS) is 9.88. The van der Waals surface area contributed by atoms with Crippen LogP contribution in [-0.2, 0) is 5.75 Å². The first-order valence-corrected chi connectivity index (χ1v) is 6.93. The second kappa shape index (κ2) is 5.76. The summed E-state index contributed by atoms with van der Waals surface area (Å²) in [5.41, 5.74) is 1.73. The van der Waals surface area contributed by atoms with Crippen LogP contribution in [-0.4, -0.2) is 7.11 Å². The summed E-state index contributed by atoms with van der Waals surface area (Å²) in [6, 6.07) is 11.8. The number of hydrogen-bond donors (Lipinski definition) is 0.